The molecule has 0 saturated heterocycles. The summed E-state index contributed by atoms with van der Waals surface area (Å²) in [4.78, 5) is 3.96. The van der Waals surface area contributed by atoms with Crippen LogP contribution in [0.1, 0.15) is 20.3 Å². The normalized spacial score (nSPS) is 12.0. The van der Waals surface area contributed by atoms with Crippen molar-refractivity contribution < 1.29 is 0 Å². The minimum Gasteiger partial charge on any atom is -0.364 e. The topological polar surface area (TPSA) is 24.4 Å². The summed E-state index contributed by atoms with van der Waals surface area (Å²) in [6.45, 7) is 7.50. The molecule has 0 saturated carbocycles. The summed E-state index contributed by atoms with van der Waals surface area (Å²) in [6.07, 6.45) is 6.14. The molecule has 0 atom stereocenters. The summed E-state index contributed by atoms with van der Waals surface area (Å²) in [5, 5.41) is 2.98. The zero-order valence-corrected chi connectivity index (χ0v) is 6.59. The van der Waals surface area contributed by atoms with Crippen LogP contribution in [0.15, 0.2) is 29.7 Å². The number of rotatable bonds is 4. The van der Waals surface area contributed by atoms with Gasteiger partial charge in [-0.25, -0.2) is 0 Å². The molecule has 0 aromatic rings. The van der Waals surface area contributed by atoms with Gasteiger partial charge in [-0.2, -0.15) is 0 Å². The molecule has 0 aliphatic heterocycles. The van der Waals surface area contributed by atoms with E-state index < -0.39 is 0 Å². The molecule has 2 heteroatoms. The van der Waals surface area contributed by atoms with Gasteiger partial charge in [-0.1, -0.05) is 13.5 Å². The molecule has 0 amide bonds. The third kappa shape index (κ3) is 3.89. The van der Waals surface area contributed by atoms with Crippen LogP contribution in [0.2, 0.25) is 0 Å². The van der Waals surface area contributed by atoms with Crippen molar-refractivity contribution in [2.24, 2.45) is 4.99 Å². The molecule has 0 aromatic heterocycles. The minimum absolute atomic E-state index is 0.948. The summed E-state index contributed by atoms with van der Waals surface area (Å²) < 4.78 is 0. The van der Waals surface area contributed by atoms with Crippen LogP contribution in [0.25, 0.3) is 0 Å². The van der Waals surface area contributed by atoms with Crippen LogP contribution < -0.4 is 5.32 Å². The van der Waals surface area contributed by atoms with Crippen LogP contribution in [0.4, 0.5) is 0 Å². The van der Waals surface area contributed by atoms with E-state index in [-0.39, 0.29) is 0 Å². The molecule has 0 aliphatic carbocycles. The third-order valence-corrected chi connectivity index (χ3v) is 1.05. The Morgan fingerprint density at radius 3 is 2.80 bits per heavy atom. The molecule has 1 N–H and O–H groups in total. The smallest absolute Gasteiger partial charge is 0.0456 e. The standard InChI is InChI=1S/C8H14N2/c1-4-8(10-6-3)7-9-5-2/h5-7,10H,3-4H2,1-2H3/b8-7-,9-5+. The average Bonchev–Trinajstić information content (AvgIpc) is 1.98. The van der Waals surface area contributed by atoms with Crippen LogP contribution in [0, 0.1) is 0 Å². The van der Waals surface area contributed by atoms with Gasteiger partial charge in [0.25, 0.3) is 0 Å². The van der Waals surface area contributed by atoms with E-state index in [2.05, 4.69) is 23.8 Å². The van der Waals surface area contributed by atoms with Gasteiger partial charge >= 0.3 is 0 Å². The van der Waals surface area contributed by atoms with E-state index in [1.165, 1.54) is 0 Å². The van der Waals surface area contributed by atoms with Crippen molar-refractivity contribution in [2.45, 2.75) is 20.3 Å². The van der Waals surface area contributed by atoms with E-state index in [0.29, 0.717) is 0 Å². The van der Waals surface area contributed by atoms with Crippen molar-refractivity contribution in [3.05, 3.63) is 24.7 Å². The first-order chi connectivity index (χ1) is 4.85. The lowest BCUT2D eigenvalue weighted by Crippen LogP contribution is -2.01. The van der Waals surface area contributed by atoms with Gasteiger partial charge in [0.15, 0.2) is 0 Å². The second-order valence-corrected chi connectivity index (χ2v) is 1.76. The Bertz CT molecular complexity index is 145. The van der Waals surface area contributed by atoms with Crippen molar-refractivity contribution >= 4 is 6.21 Å². The Morgan fingerprint density at radius 1 is 1.70 bits per heavy atom. The zero-order valence-electron chi connectivity index (χ0n) is 6.59. The Labute approximate surface area is 62.4 Å². The highest BCUT2D eigenvalue weighted by molar-refractivity contribution is 5.54. The number of hydrogen-bond acceptors (Lipinski definition) is 2. The highest BCUT2D eigenvalue weighted by Crippen LogP contribution is 1.94. The molecule has 0 heterocycles. The molecule has 56 valence electrons. The maximum Gasteiger partial charge on any atom is 0.0456 e. The monoisotopic (exact) mass is 138 g/mol. The minimum atomic E-state index is 0.948. The van der Waals surface area contributed by atoms with Crippen LogP contribution in [-0.4, -0.2) is 6.21 Å². The van der Waals surface area contributed by atoms with Gasteiger partial charge in [-0.3, -0.25) is 4.99 Å². The van der Waals surface area contributed by atoms with Crippen molar-refractivity contribution in [2.75, 3.05) is 0 Å². The lowest BCUT2D eigenvalue weighted by molar-refractivity contribution is 0.938. The van der Waals surface area contributed by atoms with E-state index in [0.717, 1.165) is 12.1 Å². The fourth-order valence-electron chi connectivity index (χ4n) is 0.526. The van der Waals surface area contributed by atoms with Crippen LogP contribution in [0.3, 0.4) is 0 Å². The largest absolute Gasteiger partial charge is 0.364 e. The molecule has 10 heavy (non-hydrogen) atoms. The molecular formula is C8H14N2. The second kappa shape index (κ2) is 6.08. The molecule has 2 nitrogen and oxygen atoms in total. The van der Waals surface area contributed by atoms with Crippen molar-refractivity contribution in [1.29, 1.82) is 0 Å². The zero-order chi connectivity index (χ0) is 7.82. The first-order valence-corrected chi connectivity index (χ1v) is 3.39. The van der Waals surface area contributed by atoms with E-state index >= 15 is 0 Å². The molecule has 0 spiro atoms. The van der Waals surface area contributed by atoms with Gasteiger partial charge < -0.3 is 5.32 Å². The van der Waals surface area contributed by atoms with Crippen LogP contribution in [0.5, 0.6) is 0 Å². The highest BCUT2D eigenvalue weighted by Gasteiger charge is 1.84. The quantitative estimate of drug-likeness (QED) is 0.591. The lowest BCUT2D eigenvalue weighted by atomic mass is 10.4. The van der Waals surface area contributed by atoms with Crippen molar-refractivity contribution in [3.8, 4) is 0 Å². The van der Waals surface area contributed by atoms with Gasteiger partial charge in [0, 0.05) is 18.1 Å². The van der Waals surface area contributed by atoms with E-state index in [1.807, 2.05) is 6.92 Å². The maximum atomic E-state index is 3.96. The van der Waals surface area contributed by atoms with Gasteiger partial charge in [0.2, 0.25) is 0 Å². The molecule has 0 bridgehead atoms. The Hall–Kier alpha value is -1.05. The van der Waals surface area contributed by atoms with Gasteiger partial charge in [0.05, 0.1) is 0 Å². The maximum absolute atomic E-state index is 3.96. The molecule has 0 aromatic carbocycles. The number of aliphatic imine (C=N–C) groups is 1. The Balaban J connectivity index is 3.89. The molecular weight excluding hydrogens is 124 g/mol. The van der Waals surface area contributed by atoms with Crippen molar-refractivity contribution in [1.82, 2.24) is 5.32 Å². The molecule has 0 unspecified atom stereocenters. The van der Waals surface area contributed by atoms with Crippen LogP contribution >= 0.6 is 0 Å². The summed E-state index contributed by atoms with van der Waals surface area (Å²) in [5.74, 6) is 0. The predicted octanol–water partition coefficient (Wildman–Crippen LogP) is 2.06. The fourth-order valence-corrected chi connectivity index (χ4v) is 0.526. The summed E-state index contributed by atoms with van der Waals surface area (Å²) in [5.41, 5.74) is 1.08. The number of hydrogen-bond donors (Lipinski definition) is 1. The molecule has 0 rings (SSSR count). The summed E-state index contributed by atoms with van der Waals surface area (Å²) in [7, 11) is 0. The molecule has 0 fully saturated rings. The first kappa shape index (κ1) is 8.95. The summed E-state index contributed by atoms with van der Waals surface area (Å²) in [6, 6.07) is 0. The first-order valence-electron chi connectivity index (χ1n) is 3.39. The lowest BCUT2D eigenvalue weighted by Gasteiger charge is -1.99. The predicted molar refractivity (Wildman–Crippen MR) is 45.9 cm³/mol. The summed E-state index contributed by atoms with van der Waals surface area (Å²) >= 11 is 0. The Morgan fingerprint density at radius 2 is 2.40 bits per heavy atom. The third-order valence-electron chi connectivity index (χ3n) is 1.05. The van der Waals surface area contributed by atoms with E-state index in [9.17, 15) is 0 Å². The van der Waals surface area contributed by atoms with Gasteiger partial charge in [-0.15, -0.1) is 0 Å². The number of allylic oxidation sites excluding steroid dienone is 1. The van der Waals surface area contributed by atoms with Gasteiger partial charge in [-0.05, 0) is 19.5 Å². The van der Waals surface area contributed by atoms with E-state index in [1.54, 1.807) is 18.6 Å². The molecule has 0 radical (unpaired) electrons. The number of nitrogens with one attached hydrogen (secondary N) is 1. The number of nitrogens with zero attached hydrogens (tertiary/aromatic N) is 1. The highest BCUT2D eigenvalue weighted by atomic mass is 14.9. The van der Waals surface area contributed by atoms with Crippen LogP contribution in [-0.2, 0) is 0 Å². The van der Waals surface area contributed by atoms with Gasteiger partial charge in [0.1, 0.15) is 0 Å². The van der Waals surface area contributed by atoms with E-state index in [4.69, 9.17) is 0 Å². The fraction of sp³-hybridized carbons (Fsp3) is 0.375. The second-order valence-electron chi connectivity index (χ2n) is 1.76. The molecule has 0 aliphatic rings. The Kier molecular flexibility index (Phi) is 5.44. The average molecular weight is 138 g/mol. The van der Waals surface area contributed by atoms with Crippen molar-refractivity contribution in [3.63, 3.8) is 0 Å². The SMILES string of the molecule is C=CN/C(=C\N=C\C)CC.